The predicted octanol–water partition coefficient (Wildman–Crippen LogP) is 4.80. The van der Waals surface area contributed by atoms with Crippen LogP contribution < -0.4 is 10.9 Å². The first-order chi connectivity index (χ1) is 31.3. The summed E-state index contributed by atoms with van der Waals surface area (Å²) in [6.07, 6.45) is 5.11. The van der Waals surface area contributed by atoms with E-state index >= 15 is 0 Å². The number of carbonyl (C=O) groups excluding carboxylic acids is 1. The van der Waals surface area contributed by atoms with Gasteiger partial charge in [-0.3, -0.25) is 9.80 Å². The van der Waals surface area contributed by atoms with Gasteiger partial charge < -0.3 is 43.8 Å². The normalized spacial score (nSPS) is 11.7. The van der Waals surface area contributed by atoms with Gasteiger partial charge in [0.15, 0.2) is 0 Å². The third-order valence-corrected chi connectivity index (χ3v) is 11.5. The fraction of sp³-hybridized carbons (Fsp3) is 0.380. The largest absolute Gasteiger partial charge is 0.488 e. The summed E-state index contributed by atoms with van der Waals surface area (Å²) in [5, 5.41) is 48.1. The van der Waals surface area contributed by atoms with Gasteiger partial charge in [0.1, 0.15) is 6.61 Å². The lowest BCUT2D eigenvalue weighted by Gasteiger charge is -2.26. The Balaban J connectivity index is 0.978. The Morgan fingerprint density at radius 1 is 0.484 bits per heavy atom. The second-order valence-corrected chi connectivity index (χ2v) is 15.9. The Morgan fingerprint density at radius 2 is 0.953 bits per heavy atom. The van der Waals surface area contributed by atoms with E-state index in [0.29, 0.717) is 83.4 Å². The summed E-state index contributed by atoms with van der Waals surface area (Å²) in [5.41, 5.74) is 4.06. The Hall–Kier alpha value is -4.70. The van der Waals surface area contributed by atoms with Gasteiger partial charge in [-0.15, -0.1) is 0 Å². The standard InChI is InChI=1S/C50H62B2N2O10/c1-2-48(55)64-35-34-63-33-32-62-31-30-61-29-28-60-27-26-53(37-43-12-5-7-16-46(43)51(56)57)24-9-3-4-10-25-54(38-44-13-6-8-17-47(44)52(58)59)36-42-21-20-41-19-18-39-14-11-15-40-22-23-45(42)50(41)49(39)40/h2,5-8,11-23,56-59H,1,3-4,9-10,24-38H2. The molecular weight excluding hydrogens is 810 g/mol. The Kier molecular flexibility index (Phi) is 20.0. The molecular formula is C50H62B2N2O10. The summed E-state index contributed by atoms with van der Waals surface area (Å²) in [5.74, 6) is -0.472. The lowest BCUT2D eigenvalue weighted by atomic mass is 9.77. The Morgan fingerprint density at radius 3 is 1.53 bits per heavy atom. The quantitative estimate of drug-likeness (QED) is 0.0156. The molecule has 0 heterocycles. The van der Waals surface area contributed by atoms with Crippen molar-refractivity contribution in [3.05, 3.63) is 132 Å². The van der Waals surface area contributed by atoms with Crippen LogP contribution in [0, 0.1) is 0 Å². The van der Waals surface area contributed by atoms with Crippen LogP contribution in [0.25, 0.3) is 32.3 Å². The second-order valence-electron chi connectivity index (χ2n) is 15.9. The van der Waals surface area contributed by atoms with Crippen molar-refractivity contribution in [3.8, 4) is 0 Å². The van der Waals surface area contributed by atoms with Crippen LogP contribution in [0.5, 0.6) is 0 Å². The molecule has 0 spiro atoms. The van der Waals surface area contributed by atoms with Crippen LogP contribution in [0.2, 0.25) is 0 Å². The summed E-state index contributed by atoms with van der Waals surface area (Å²) >= 11 is 0. The van der Waals surface area contributed by atoms with Crippen LogP contribution >= 0.6 is 0 Å². The third-order valence-electron chi connectivity index (χ3n) is 11.5. The summed E-state index contributed by atoms with van der Waals surface area (Å²) in [7, 11) is -3.09. The maximum absolute atomic E-state index is 11.0. The molecule has 0 aliphatic heterocycles. The average molecular weight is 873 g/mol. The summed E-state index contributed by atoms with van der Waals surface area (Å²) in [6.45, 7) is 11.1. The highest BCUT2D eigenvalue weighted by Gasteiger charge is 2.20. The number of carbonyl (C=O) groups is 1. The van der Waals surface area contributed by atoms with Gasteiger partial charge in [0.25, 0.3) is 0 Å². The SMILES string of the molecule is C=CC(=O)OCCOCCOCCOCCOCCN(CCCCCCN(Cc1ccccc1B(O)O)Cc1ccc2ccc3cccc4ccc1c2c34)Cc1ccccc1B(O)O. The molecule has 0 aliphatic rings. The highest BCUT2D eigenvalue weighted by molar-refractivity contribution is 6.59. The fourth-order valence-electron chi connectivity index (χ4n) is 8.24. The van der Waals surface area contributed by atoms with Crippen molar-refractivity contribution < 1.29 is 48.6 Å². The van der Waals surface area contributed by atoms with Gasteiger partial charge in [0, 0.05) is 32.3 Å². The van der Waals surface area contributed by atoms with E-state index in [-0.39, 0.29) is 6.61 Å². The lowest BCUT2D eigenvalue weighted by Crippen LogP contribution is -2.37. The van der Waals surface area contributed by atoms with Crippen molar-refractivity contribution in [3.63, 3.8) is 0 Å². The van der Waals surface area contributed by atoms with Crippen molar-refractivity contribution in [2.75, 3.05) is 79.1 Å². The van der Waals surface area contributed by atoms with Crippen molar-refractivity contribution in [1.29, 1.82) is 0 Å². The first-order valence-corrected chi connectivity index (χ1v) is 22.4. The zero-order valence-electron chi connectivity index (χ0n) is 36.8. The van der Waals surface area contributed by atoms with E-state index < -0.39 is 20.2 Å². The van der Waals surface area contributed by atoms with E-state index in [1.54, 1.807) is 12.1 Å². The molecule has 14 heteroatoms. The molecule has 0 aromatic heterocycles. The molecule has 4 N–H and O–H groups in total. The lowest BCUT2D eigenvalue weighted by molar-refractivity contribution is -0.139. The summed E-state index contributed by atoms with van der Waals surface area (Å²) < 4.78 is 27.3. The molecule has 0 unspecified atom stereocenters. The highest BCUT2D eigenvalue weighted by atomic mass is 16.6. The molecule has 6 rings (SSSR count). The average Bonchev–Trinajstić information content (AvgIpc) is 3.30. The maximum atomic E-state index is 11.0. The molecule has 12 nitrogen and oxygen atoms in total. The van der Waals surface area contributed by atoms with Crippen LogP contribution in [0.4, 0.5) is 0 Å². The van der Waals surface area contributed by atoms with Crippen LogP contribution in [0.15, 0.2) is 116 Å². The topological polar surface area (TPSA) is 151 Å². The first kappa shape index (κ1) is 48.7. The van der Waals surface area contributed by atoms with Crippen LogP contribution in [-0.4, -0.2) is 129 Å². The van der Waals surface area contributed by atoms with Crippen molar-refractivity contribution >= 4 is 63.4 Å². The summed E-state index contributed by atoms with van der Waals surface area (Å²) in [6, 6.07) is 34.8. The number of rotatable bonds is 31. The van der Waals surface area contributed by atoms with Crippen molar-refractivity contribution in [1.82, 2.24) is 9.80 Å². The van der Waals surface area contributed by atoms with Gasteiger partial charge in [-0.1, -0.05) is 123 Å². The van der Waals surface area contributed by atoms with E-state index in [9.17, 15) is 24.9 Å². The van der Waals surface area contributed by atoms with E-state index in [4.69, 9.17) is 23.7 Å². The number of nitrogens with zero attached hydrogens (tertiary/aromatic N) is 2. The third kappa shape index (κ3) is 14.7. The number of hydrogen-bond donors (Lipinski definition) is 4. The van der Waals surface area contributed by atoms with Crippen molar-refractivity contribution in [2.24, 2.45) is 0 Å². The molecule has 6 aromatic carbocycles. The molecule has 0 aliphatic carbocycles. The van der Waals surface area contributed by atoms with Crippen LogP contribution in [0.1, 0.15) is 42.4 Å². The minimum absolute atomic E-state index is 0.175. The van der Waals surface area contributed by atoms with E-state index in [2.05, 4.69) is 71.0 Å². The molecule has 0 bridgehead atoms. The van der Waals surface area contributed by atoms with Gasteiger partial charge in [-0.25, -0.2) is 4.79 Å². The summed E-state index contributed by atoms with van der Waals surface area (Å²) in [4.78, 5) is 15.8. The molecule has 6 aromatic rings. The van der Waals surface area contributed by atoms with Gasteiger partial charge in [-0.05, 0) is 85.9 Å². The number of ether oxygens (including phenoxy) is 5. The van der Waals surface area contributed by atoms with Crippen molar-refractivity contribution in [2.45, 2.75) is 45.3 Å². The van der Waals surface area contributed by atoms with Gasteiger partial charge >= 0.3 is 20.2 Å². The van der Waals surface area contributed by atoms with Gasteiger partial charge in [-0.2, -0.15) is 0 Å². The number of benzene rings is 6. The Bertz CT molecular complexity index is 2310. The molecule has 0 saturated carbocycles. The minimum Gasteiger partial charge on any atom is -0.460 e. The first-order valence-electron chi connectivity index (χ1n) is 22.4. The van der Waals surface area contributed by atoms with Gasteiger partial charge in [0.2, 0.25) is 0 Å². The van der Waals surface area contributed by atoms with Crippen LogP contribution in [0.3, 0.4) is 0 Å². The minimum atomic E-state index is -1.55. The van der Waals surface area contributed by atoms with Gasteiger partial charge in [0.05, 0.1) is 52.9 Å². The zero-order chi connectivity index (χ0) is 44.9. The molecule has 64 heavy (non-hydrogen) atoms. The highest BCUT2D eigenvalue weighted by Crippen LogP contribution is 2.36. The molecule has 338 valence electrons. The molecule has 0 atom stereocenters. The maximum Gasteiger partial charge on any atom is 0.488 e. The van der Waals surface area contributed by atoms with E-state index in [0.717, 1.165) is 62.5 Å². The molecule has 0 radical (unpaired) electrons. The molecule has 0 amide bonds. The fourth-order valence-corrected chi connectivity index (χ4v) is 8.24. The zero-order valence-corrected chi connectivity index (χ0v) is 36.8. The predicted molar refractivity (Wildman–Crippen MR) is 255 cm³/mol. The van der Waals surface area contributed by atoms with Crippen LogP contribution in [-0.2, 0) is 48.1 Å². The smallest absolute Gasteiger partial charge is 0.460 e. The number of unbranched alkanes of at least 4 members (excludes halogenated alkanes) is 3. The number of esters is 1. The van der Waals surface area contributed by atoms with E-state index in [1.807, 2.05) is 36.4 Å². The molecule has 0 fully saturated rings. The Labute approximate surface area is 377 Å². The monoisotopic (exact) mass is 872 g/mol. The molecule has 0 saturated heterocycles. The van der Waals surface area contributed by atoms with E-state index in [1.165, 1.54) is 37.9 Å². The second kappa shape index (κ2) is 26.3. The number of hydrogen-bond acceptors (Lipinski definition) is 12.